The summed E-state index contributed by atoms with van der Waals surface area (Å²) in [4.78, 5) is 23.8. The molecule has 1 aromatic heterocycles. The maximum atomic E-state index is 11.6. The molecule has 154 valence electrons. The molecule has 0 saturated carbocycles. The predicted octanol–water partition coefficient (Wildman–Crippen LogP) is 5.56. The summed E-state index contributed by atoms with van der Waals surface area (Å²) < 4.78 is 5.32. The molecule has 1 heterocycles. The third-order valence-corrected chi connectivity index (χ3v) is 5.85. The molecule has 1 N–H and O–H groups in total. The Balaban J connectivity index is 1.90. The lowest BCUT2D eigenvalue weighted by Gasteiger charge is -2.05. The van der Waals surface area contributed by atoms with Gasteiger partial charge in [0.25, 0.3) is 10.9 Å². The van der Waals surface area contributed by atoms with Gasteiger partial charge in [-0.1, -0.05) is 36.4 Å². The predicted molar refractivity (Wildman–Crippen MR) is 114 cm³/mol. The van der Waals surface area contributed by atoms with Crippen molar-refractivity contribution in [3.05, 3.63) is 74.0 Å². The highest BCUT2D eigenvalue weighted by atomic mass is 35.5. The Hall–Kier alpha value is -2.82. The number of nitro benzene ring substituents is 1. The first-order valence-electron chi connectivity index (χ1n) is 8.52. The lowest BCUT2D eigenvalue weighted by Crippen LogP contribution is -1.97. The second-order valence-corrected chi connectivity index (χ2v) is 8.32. The molecule has 2 aromatic carbocycles. The van der Waals surface area contributed by atoms with Crippen molar-refractivity contribution in [1.29, 1.82) is 0 Å². The van der Waals surface area contributed by atoms with E-state index in [1.807, 2.05) is 6.92 Å². The van der Waals surface area contributed by atoms with Crippen LogP contribution in [-0.2, 0) is 11.2 Å². The summed E-state index contributed by atoms with van der Waals surface area (Å²) in [6.45, 7) is 1.83. The average Bonchev–Trinajstić information content (AvgIpc) is 3.17. The highest BCUT2D eigenvalue weighted by Crippen LogP contribution is 2.37. The highest BCUT2D eigenvalue weighted by molar-refractivity contribution is 8.03. The highest BCUT2D eigenvalue weighted by Gasteiger charge is 2.18. The van der Waals surface area contributed by atoms with Gasteiger partial charge in [0.15, 0.2) is 0 Å². The fraction of sp³-hybridized carbons (Fsp3) is 0.105. The number of hydrogen-bond acceptors (Lipinski definition) is 8. The SMILES string of the molecule is CCc1nnc(S/C(=C/c2ccc(Sc3ccc(Cl)cc3)c([N+](=O)[O-])c2)C(=O)O)o1. The number of benzene rings is 2. The van der Waals surface area contributed by atoms with Crippen molar-refractivity contribution in [1.82, 2.24) is 10.2 Å². The molecule has 0 aliphatic rings. The molecule has 3 rings (SSSR count). The maximum Gasteiger partial charge on any atom is 0.342 e. The minimum atomic E-state index is -1.21. The number of halogens is 1. The van der Waals surface area contributed by atoms with Crippen molar-refractivity contribution in [2.24, 2.45) is 0 Å². The monoisotopic (exact) mass is 463 g/mol. The van der Waals surface area contributed by atoms with Gasteiger partial charge in [0.1, 0.15) is 4.91 Å². The summed E-state index contributed by atoms with van der Waals surface area (Å²) in [6, 6.07) is 11.4. The van der Waals surface area contributed by atoms with Crippen molar-refractivity contribution in [3.8, 4) is 0 Å². The van der Waals surface area contributed by atoms with E-state index >= 15 is 0 Å². The van der Waals surface area contributed by atoms with Crippen LogP contribution in [0.5, 0.6) is 0 Å². The van der Waals surface area contributed by atoms with E-state index in [1.165, 1.54) is 23.9 Å². The zero-order valence-corrected chi connectivity index (χ0v) is 17.8. The smallest absolute Gasteiger partial charge is 0.342 e. The Bertz CT molecular complexity index is 1120. The number of aliphatic carboxylic acids is 1. The van der Waals surface area contributed by atoms with Crippen LogP contribution in [0.25, 0.3) is 6.08 Å². The molecule has 0 aliphatic heterocycles. The van der Waals surface area contributed by atoms with Crippen LogP contribution in [-0.4, -0.2) is 26.2 Å². The molecule has 30 heavy (non-hydrogen) atoms. The molecular weight excluding hydrogens is 450 g/mol. The van der Waals surface area contributed by atoms with E-state index < -0.39 is 10.9 Å². The molecule has 0 saturated heterocycles. The van der Waals surface area contributed by atoms with Gasteiger partial charge >= 0.3 is 5.97 Å². The summed E-state index contributed by atoms with van der Waals surface area (Å²) in [5.74, 6) is -0.819. The molecule has 0 atom stereocenters. The molecule has 0 amide bonds. The zero-order valence-electron chi connectivity index (χ0n) is 15.4. The summed E-state index contributed by atoms with van der Waals surface area (Å²) in [6.07, 6.45) is 1.85. The standard InChI is InChI=1S/C19H14ClN3O5S2/c1-2-17-21-22-19(28-17)30-16(18(24)25)10-11-3-8-15(14(9-11)23(26)27)29-13-6-4-12(20)5-7-13/h3-10H,2H2,1H3,(H,24,25)/b16-10+. The number of rotatable bonds is 8. The van der Waals surface area contributed by atoms with Crippen molar-refractivity contribution < 1.29 is 19.2 Å². The Kier molecular flexibility index (Phi) is 7.14. The van der Waals surface area contributed by atoms with Gasteiger partial charge in [0, 0.05) is 22.4 Å². The molecule has 0 unspecified atom stereocenters. The molecule has 0 radical (unpaired) electrons. The number of thioether (sulfide) groups is 1. The third kappa shape index (κ3) is 5.62. The number of carboxylic acids is 1. The van der Waals surface area contributed by atoms with E-state index in [-0.39, 0.29) is 15.8 Å². The van der Waals surface area contributed by atoms with Crippen LogP contribution >= 0.6 is 35.1 Å². The molecule has 3 aromatic rings. The number of nitro groups is 1. The topological polar surface area (TPSA) is 119 Å². The summed E-state index contributed by atoms with van der Waals surface area (Å²) in [5, 5.41) is 29.3. The van der Waals surface area contributed by atoms with Crippen molar-refractivity contribution in [2.75, 3.05) is 0 Å². The Morgan fingerprint density at radius 1 is 1.27 bits per heavy atom. The third-order valence-electron chi connectivity index (χ3n) is 3.68. The second-order valence-electron chi connectivity index (χ2n) is 5.77. The first-order valence-corrected chi connectivity index (χ1v) is 10.5. The van der Waals surface area contributed by atoms with E-state index in [4.69, 9.17) is 16.0 Å². The van der Waals surface area contributed by atoms with Gasteiger partial charge in [-0.3, -0.25) is 10.1 Å². The molecule has 0 spiro atoms. The number of carbonyl (C=O) groups is 1. The lowest BCUT2D eigenvalue weighted by molar-refractivity contribution is -0.387. The molecular formula is C19H14ClN3O5S2. The Labute approximate surface area is 184 Å². The number of nitrogens with zero attached hydrogens (tertiary/aromatic N) is 3. The fourth-order valence-corrected chi connectivity index (χ4v) is 4.00. The quantitative estimate of drug-likeness (QED) is 0.198. The maximum absolute atomic E-state index is 11.6. The minimum absolute atomic E-state index is 0.0879. The van der Waals surface area contributed by atoms with Crippen molar-refractivity contribution in [2.45, 2.75) is 28.4 Å². The molecule has 8 nitrogen and oxygen atoms in total. The molecule has 11 heteroatoms. The van der Waals surface area contributed by atoms with Crippen molar-refractivity contribution >= 4 is 52.9 Å². The van der Waals surface area contributed by atoms with E-state index in [0.29, 0.717) is 27.8 Å². The van der Waals surface area contributed by atoms with Gasteiger partial charge in [-0.05, 0) is 53.7 Å². The number of hydrogen-bond donors (Lipinski definition) is 1. The van der Waals surface area contributed by atoms with Crippen LogP contribution in [0.1, 0.15) is 18.4 Å². The fourth-order valence-electron chi connectivity index (χ4n) is 2.29. The number of aromatic nitrogens is 2. The van der Waals surface area contributed by atoms with Crippen LogP contribution in [0.3, 0.4) is 0 Å². The lowest BCUT2D eigenvalue weighted by atomic mass is 10.2. The van der Waals surface area contributed by atoms with Gasteiger partial charge < -0.3 is 9.52 Å². The normalized spacial score (nSPS) is 11.5. The molecule has 0 fully saturated rings. The van der Waals surface area contributed by atoms with Gasteiger partial charge in [0.2, 0.25) is 5.89 Å². The summed E-state index contributed by atoms with van der Waals surface area (Å²) >= 11 is 7.87. The van der Waals surface area contributed by atoms with Crippen LogP contribution in [0.15, 0.2) is 66.8 Å². The van der Waals surface area contributed by atoms with Crippen LogP contribution in [0, 0.1) is 10.1 Å². The zero-order chi connectivity index (χ0) is 21.7. The van der Waals surface area contributed by atoms with Gasteiger partial charge in [-0.15, -0.1) is 10.2 Å². The molecule has 0 bridgehead atoms. The van der Waals surface area contributed by atoms with Crippen LogP contribution in [0.4, 0.5) is 5.69 Å². The summed E-state index contributed by atoms with van der Waals surface area (Å²) in [5.41, 5.74) is 0.229. The largest absolute Gasteiger partial charge is 0.477 e. The second kappa shape index (κ2) is 9.79. The van der Waals surface area contributed by atoms with Crippen LogP contribution < -0.4 is 0 Å². The van der Waals surface area contributed by atoms with Crippen LogP contribution in [0.2, 0.25) is 5.02 Å². The van der Waals surface area contributed by atoms with E-state index in [2.05, 4.69) is 10.2 Å². The van der Waals surface area contributed by atoms with E-state index in [9.17, 15) is 20.0 Å². The van der Waals surface area contributed by atoms with Gasteiger partial charge in [-0.2, -0.15) is 0 Å². The molecule has 0 aliphatic carbocycles. The first kappa shape index (κ1) is 21.9. The minimum Gasteiger partial charge on any atom is -0.477 e. The number of aryl methyl sites for hydroxylation is 1. The Morgan fingerprint density at radius 2 is 2.00 bits per heavy atom. The average molecular weight is 464 g/mol. The Morgan fingerprint density at radius 3 is 2.60 bits per heavy atom. The number of carboxylic acid groups (broad SMARTS) is 1. The van der Waals surface area contributed by atoms with E-state index in [0.717, 1.165) is 16.7 Å². The van der Waals surface area contributed by atoms with E-state index in [1.54, 1.807) is 36.4 Å². The van der Waals surface area contributed by atoms with Crippen molar-refractivity contribution in [3.63, 3.8) is 0 Å². The first-order chi connectivity index (χ1) is 14.4. The summed E-state index contributed by atoms with van der Waals surface area (Å²) in [7, 11) is 0. The van der Waals surface area contributed by atoms with Gasteiger partial charge in [0.05, 0.1) is 9.82 Å². The van der Waals surface area contributed by atoms with Gasteiger partial charge in [-0.25, -0.2) is 4.79 Å².